The molecule has 0 unspecified atom stereocenters. The second kappa shape index (κ2) is 14.6. The maximum atomic E-state index is 12.6. The molecule has 0 amide bonds. The van der Waals surface area contributed by atoms with Crippen LogP contribution in [0.2, 0.25) is 0 Å². The zero-order valence-corrected chi connectivity index (χ0v) is 28.2. The fraction of sp³-hybridized carbons (Fsp3) is 0.190. The molecule has 0 spiro atoms. The van der Waals surface area contributed by atoms with Gasteiger partial charge in [0.2, 0.25) is 0 Å². The van der Waals surface area contributed by atoms with Crippen LogP contribution in [0.3, 0.4) is 0 Å². The van der Waals surface area contributed by atoms with Crippen LogP contribution in [0.1, 0.15) is 60.6 Å². The standard InChI is InChI=1S/C42H38N4O4/c1-3-49-39(47)25-15-29-31-17-21-35(43-31)41(27-11-7-5-8-12-27)37-23-19-33(45-37)30(16-26-40(48)50-4-2)34-20-24-38(46-34)42(28-13-9-6-10-14-28)36-22-18-32(29)44-36/h5-14,17-24,43-44H,3-4,15-16,25-26H2,1-2H3. The van der Waals surface area contributed by atoms with Crippen molar-refractivity contribution in [2.75, 3.05) is 13.2 Å². The number of esters is 2. The number of rotatable bonds is 10. The molecule has 0 atom stereocenters. The van der Waals surface area contributed by atoms with E-state index in [0.717, 1.165) is 78.2 Å². The zero-order chi connectivity index (χ0) is 34.5. The molecule has 7 rings (SSSR count). The summed E-state index contributed by atoms with van der Waals surface area (Å²) in [5, 5.41) is 0. The lowest BCUT2D eigenvalue weighted by Gasteiger charge is -2.07. The van der Waals surface area contributed by atoms with E-state index in [1.807, 2.05) is 74.5 Å². The van der Waals surface area contributed by atoms with Gasteiger partial charge < -0.3 is 19.4 Å². The minimum atomic E-state index is -0.258. The van der Waals surface area contributed by atoms with Crippen LogP contribution in [0.5, 0.6) is 0 Å². The van der Waals surface area contributed by atoms with Crippen LogP contribution in [0.25, 0.3) is 68.6 Å². The Hall–Kier alpha value is -6.02. The van der Waals surface area contributed by atoms with E-state index in [0.29, 0.717) is 26.1 Å². The van der Waals surface area contributed by atoms with E-state index < -0.39 is 0 Å². The van der Waals surface area contributed by atoms with Crippen molar-refractivity contribution < 1.29 is 19.1 Å². The zero-order valence-electron chi connectivity index (χ0n) is 28.2. The van der Waals surface area contributed by atoms with E-state index in [1.165, 1.54) is 0 Å². The van der Waals surface area contributed by atoms with Crippen LogP contribution < -0.4 is 0 Å². The molecule has 2 N–H and O–H groups in total. The van der Waals surface area contributed by atoms with Crippen molar-refractivity contribution in [2.45, 2.75) is 39.5 Å². The number of aryl methyl sites for hydroxylation is 1. The predicted molar refractivity (Wildman–Crippen MR) is 200 cm³/mol. The third-order valence-corrected chi connectivity index (χ3v) is 8.87. The Morgan fingerprint density at radius 3 is 1.36 bits per heavy atom. The minimum absolute atomic E-state index is 0.211. The lowest BCUT2D eigenvalue weighted by atomic mass is 10.0. The van der Waals surface area contributed by atoms with Gasteiger partial charge in [0.1, 0.15) is 0 Å². The molecule has 2 aliphatic heterocycles. The topological polar surface area (TPSA) is 110 Å². The first-order valence-electron chi connectivity index (χ1n) is 17.1. The summed E-state index contributed by atoms with van der Waals surface area (Å²) < 4.78 is 10.6. The number of aromatic nitrogens is 4. The van der Waals surface area contributed by atoms with Crippen molar-refractivity contribution in [3.05, 3.63) is 119 Å². The summed E-state index contributed by atoms with van der Waals surface area (Å²) in [7, 11) is 0. The first kappa shape index (κ1) is 32.5. The number of fused-ring (bicyclic) bond motifs is 8. The number of nitrogens with zero attached hydrogens (tertiary/aromatic N) is 2. The number of carbonyl (C=O) groups is 2. The molecule has 5 heterocycles. The van der Waals surface area contributed by atoms with Crippen molar-refractivity contribution in [3.63, 3.8) is 0 Å². The number of ether oxygens (including phenoxy) is 2. The number of aromatic amines is 2. The van der Waals surface area contributed by atoms with Gasteiger partial charge in [-0.05, 0) is 91.9 Å². The highest BCUT2D eigenvalue weighted by Crippen LogP contribution is 2.34. The van der Waals surface area contributed by atoms with E-state index in [2.05, 4.69) is 58.5 Å². The van der Waals surface area contributed by atoms with Crippen LogP contribution in [0, 0.1) is 0 Å². The van der Waals surface area contributed by atoms with Gasteiger partial charge in [-0.2, -0.15) is 0 Å². The van der Waals surface area contributed by atoms with E-state index in [9.17, 15) is 9.59 Å². The van der Waals surface area contributed by atoms with Crippen molar-refractivity contribution in [2.24, 2.45) is 0 Å². The maximum absolute atomic E-state index is 12.6. The Morgan fingerprint density at radius 1 is 0.520 bits per heavy atom. The molecule has 8 nitrogen and oxygen atoms in total. The van der Waals surface area contributed by atoms with Crippen LogP contribution in [0.4, 0.5) is 0 Å². The fourth-order valence-electron chi connectivity index (χ4n) is 6.59. The summed E-state index contributed by atoms with van der Waals surface area (Å²) in [6.45, 7) is 4.30. The van der Waals surface area contributed by atoms with Crippen LogP contribution in [-0.2, 0) is 31.9 Å². The Labute approximate surface area is 290 Å². The fourth-order valence-corrected chi connectivity index (χ4v) is 6.59. The molecule has 2 aliphatic rings. The number of hydrogen-bond acceptors (Lipinski definition) is 6. The molecule has 5 aromatic rings. The van der Waals surface area contributed by atoms with Gasteiger partial charge in [0.25, 0.3) is 0 Å². The predicted octanol–water partition coefficient (Wildman–Crippen LogP) is 8.98. The van der Waals surface area contributed by atoms with Gasteiger partial charge in [0.05, 0.1) is 36.0 Å². The van der Waals surface area contributed by atoms with Crippen molar-refractivity contribution in [1.29, 1.82) is 0 Å². The van der Waals surface area contributed by atoms with Crippen LogP contribution in [0.15, 0.2) is 84.9 Å². The Bertz CT molecular complexity index is 2140. The summed E-state index contributed by atoms with van der Waals surface area (Å²) in [6, 6.07) is 28.6. The molecular formula is C42H38N4O4. The average molecular weight is 663 g/mol. The summed E-state index contributed by atoms with van der Waals surface area (Å²) >= 11 is 0. The Balaban J connectivity index is 1.57. The third kappa shape index (κ3) is 6.78. The molecule has 8 heteroatoms. The molecule has 0 saturated carbocycles. The smallest absolute Gasteiger partial charge is 0.306 e. The minimum Gasteiger partial charge on any atom is -0.466 e. The molecule has 8 bridgehead atoms. The van der Waals surface area contributed by atoms with Gasteiger partial charge in [0.15, 0.2) is 0 Å². The first-order chi connectivity index (χ1) is 24.5. The summed E-state index contributed by atoms with van der Waals surface area (Å²) in [5.74, 6) is -0.498. The molecule has 0 fully saturated rings. The van der Waals surface area contributed by atoms with Gasteiger partial charge in [0, 0.05) is 51.6 Å². The van der Waals surface area contributed by atoms with Gasteiger partial charge >= 0.3 is 11.9 Å². The SMILES string of the molecule is CCOC(=O)CCc1c2nc(c(-c3ccccc3)c3ccc([nH]3)c(CCC(=O)OCC)c3ccc([nH]3)c(-c3ccccc3)c3nc1C=C3)C=C2. The Morgan fingerprint density at radius 2 is 0.920 bits per heavy atom. The van der Waals surface area contributed by atoms with Crippen molar-refractivity contribution in [3.8, 4) is 22.3 Å². The molecule has 0 saturated heterocycles. The summed E-state index contributed by atoms with van der Waals surface area (Å²) in [5.41, 5.74) is 12.4. The highest BCUT2D eigenvalue weighted by molar-refractivity contribution is 5.94. The molecule has 0 radical (unpaired) electrons. The first-order valence-corrected chi connectivity index (χ1v) is 17.1. The highest BCUT2D eigenvalue weighted by atomic mass is 16.5. The summed E-state index contributed by atoms with van der Waals surface area (Å²) in [4.78, 5) is 42.9. The second-order valence-corrected chi connectivity index (χ2v) is 12.1. The lowest BCUT2D eigenvalue weighted by Crippen LogP contribution is -2.06. The average Bonchev–Trinajstić information content (AvgIpc) is 3.97. The van der Waals surface area contributed by atoms with E-state index in [-0.39, 0.29) is 24.8 Å². The van der Waals surface area contributed by atoms with E-state index >= 15 is 0 Å². The van der Waals surface area contributed by atoms with Gasteiger partial charge in [-0.15, -0.1) is 0 Å². The van der Waals surface area contributed by atoms with Crippen molar-refractivity contribution >= 4 is 58.3 Å². The molecule has 3 aromatic heterocycles. The quantitative estimate of drug-likeness (QED) is 0.142. The van der Waals surface area contributed by atoms with Crippen molar-refractivity contribution in [1.82, 2.24) is 19.9 Å². The largest absolute Gasteiger partial charge is 0.466 e. The number of benzene rings is 2. The number of H-pyrrole nitrogens is 2. The van der Waals surface area contributed by atoms with E-state index in [4.69, 9.17) is 19.4 Å². The number of carbonyl (C=O) groups excluding carboxylic acids is 2. The normalized spacial score (nSPS) is 11.9. The van der Waals surface area contributed by atoms with Crippen LogP contribution >= 0.6 is 0 Å². The Kier molecular flexibility index (Phi) is 9.51. The number of nitrogens with one attached hydrogen (secondary N) is 2. The molecule has 250 valence electrons. The molecule has 50 heavy (non-hydrogen) atoms. The van der Waals surface area contributed by atoms with Gasteiger partial charge in [-0.1, -0.05) is 60.7 Å². The summed E-state index contributed by atoms with van der Waals surface area (Å²) in [6.07, 6.45) is 9.39. The third-order valence-electron chi connectivity index (χ3n) is 8.87. The van der Waals surface area contributed by atoms with E-state index in [1.54, 1.807) is 0 Å². The van der Waals surface area contributed by atoms with Crippen LogP contribution in [-0.4, -0.2) is 45.1 Å². The van der Waals surface area contributed by atoms with Gasteiger partial charge in [-0.3, -0.25) is 9.59 Å². The monoisotopic (exact) mass is 662 g/mol. The van der Waals surface area contributed by atoms with Gasteiger partial charge in [-0.25, -0.2) is 9.97 Å². The maximum Gasteiger partial charge on any atom is 0.306 e. The second-order valence-electron chi connectivity index (χ2n) is 12.1. The molecule has 0 aliphatic carbocycles. The number of hydrogen-bond donors (Lipinski definition) is 2. The highest BCUT2D eigenvalue weighted by Gasteiger charge is 2.19. The molecule has 2 aromatic carbocycles. The lowest BCUT2D eigenvalue weighted by molar-refractivity contribution is -0.144. The molecular weight excluding hydrogens is 624 g/mol.